The van der Waals surface area contributed by atoms with Gasteiger partial charge in [0, 0.05) is 12.9 Å². The van der Waals surface area contributed by atoms with E-state index in [1.807, 2.05) is 0 Å². The summed E-state index contributed by atoms with van der Waals surface area (Å²) in [6, 6.07) is -0.444. The molecule has 0 spiro atoms. The van der Waals surface area contributed by atoms with E-state index in [2.05, 4.69) is 4.85 Å². The van der Waals surface area contributed by atoms with E-state index in [0.29, 0.717) is 0 Å². The van der Waals surface area contributed by atoms with E-state index in [-0.39, 0.29) is 6.42 Å². The number of nitrogens with zero attached hydrogens (tertiary/aromatic N) is 1. The predicted octanol–water partition coefficient (Wildman–Crippen LogP) is -0.566. The van der Waals surface area contributed by atoms with Crippen LogP contribution in [0.15, 0.2) is 0 Å². The normalized spacial score (nSPS) is 12.0. The fourth-order valence-electron chi connectivity index (χ4n) is 0.287. The Balaban J connectivity index is 3.43. The predicted molar refractivity (Wildman–Crippen MR) is 25.7 cm³/mol. The summed E-state index contributed by atoms with van der Waals surface area (Å²) in [6.07, 6.45) is -0.163. The number of carboxylic acids is 1. The Morgan fingerprint density at radius 1 is 2.00 bits per heavy atom. The highest BCUT2D eigenvalue weighted by atomic mass is 16.4. The van der Waals surface area contributed by atoms with Crippen molar-refractivity contribution < 1.29 is 9.90 Å². The molecule has 0 aromatic carbocycles. The smallest absolute Gasteiger partial charge is 0.226 e. The van der Waals surface area contributed by atoms with Gasteiger partial charge in [0.05, 0.1) is 6.42 Å². The van der Waals surface area contributed by atoms with E-state index in [1.165, 1.54) is 0 Å². The molecule has 0 aromatic heterocycles. The molecular weight excluding hydrogens is 106 g/mol. The van der Waals surface area contributed by atoms with Crippen LogP contribution in [-0.2, 0) is 4.79 Å². The summed E-state index contributed by atoms with van der Waals surface area (Å²) in [5.74, 6) is -1.16. The SMILES string of the molecule is [C-]#[N+][C@H](C)CC(=O)[O-]. The first-order valence-corrected chi connectivity index (χ1v) is 2.23. The number of hydrogen-bond acceptors (Lipinski definition) is 2. The van der Waals surface area contributed by atoms with Gasteiger partial charge < -0.3 is 14.7 Å². The lowest BCUT2D eigenvalue weighted by atomic mass is 10.3. The third kappa shape index (κ3) is 3.16. The highest BCUT2D eigenvalue weighted by Gasteiger charge is 2.01. The summed E-state index contributed by atoms with van der Waals surface area (Å²) in [4.78, 5) is 12.7. The van der Waals surface area contributed by atoms with Crippen LogP contribution in [-0.4, -0.2) is 12.0 Å². The molecule has 0 aliphatic carbocycles. The quantitative estimate of drug-likeness (QED) is 0.449. The Morgan fingerprint density at radius 2 is 2.50 bits per heavy atom. The van der Waals surface area contributed by atoms with Crippen LogP contribution in [0.5, 0.6) is 0 Å². The van der Waals surface area contributed by atoms with E-state index < -0.39 is 12.0 Å². The van der Waals surface area contributed by atoms with Crippen LogP contribution in [0.4, 0.5) is 0 Å². The summed E-state index contributed by atoms with van der Waals surface area (Å²) < 4.78 is 0. The molecule has 3 heteroatoms. The van der Waals surface area contributed by atoms with Gasteiger partial charge in [-0.05, 0) is 0 Å². The maximum Gasteiger partial charge on any atom is 0.226 e. The first-order chi connectivity index (χ1) is 3.66. The molecule has 3 nitrogen and oxygen atoms in total. The minimum absolute atomic E-state index is 0.163. The molecule has 0 amide bonds. The van der Waals surface area contributed by atoms with Crippen LogP contribution in [0.1, 0.15) is 13.3 Å². The van der Waals surface area contributed by atoms with E-state index in [4.69, 9.17) is 6.57 Å². The number of hydrogen-bond donors (Lipinski definition) is 0. The molecule has 0 unspecified atom stereocenters. The van der Waals surface area contributed by atoms with Gasteiger partial charge in [-0.15, -0.1) is 0 Å². The van der Waals surface area contributed by atoms with Gasteiger partial charge in [0.25, 0.3) is 0 Å². The van der Waals surface area contributed by atoms with Crippen molar-refractivity contribution in [3.63, 3.8) is 0 Å². The minimum atomic E-state index is -1.16. The van der Waals surface area contributed by atoms with Gasteiger partial charge in [0.15, 0.2) is 0 Å². The van der Waals surface area contributed by atoms with Crippen LogP contribution >= 0.6 is 0 Å². The van der Waals surface area contributed by atoms with Crippen molar-refractivity contribution in [1.29, 1.82) is 0 Å². The third-order valence-electron chi connectivity index (χ3n) is 0.682. The molecule has 0 aliphatic heterocycles. The van der Waals surface area contributed by atoms with Gasteiger partial charge in [0.2, 0.25) is 6.04 Å². The molecule has 0 saturated heterocycles. The number of carbonyl (C=O) groups is 1. The highest BCUT2D eigenvalue weighted by Crippen LogP contribution is 1.92. The van der Waals surface area contributed by atoms with Gasteiger partial charge >= 0.3 is 0 Å². The van der Waals surface area contributed by atoms with E-state index in [9.17, 15) is 9.90 Å². The minimum Gasteiger partial charge on any atom is -0.550 e. The van der Waals surface area contributed by atoms with Gasteiger partial charge in [-0.1, -0.05) is 0 Å². The first kappa shape index (κ1) is 6.96. The largest absolute Gasteiger partial charge is 0.550 e. The molecule has 0 radical (unpaired) electrons. The van der Waals surface area contributed by atoms with Crippen molar-refractivity contribution in [2.45, 2.75) is 19.4 Å². The lowest BCUT2D eigenvalue weighted by Gasteiger charge is -1.97. The van der Waals surface area contributed by atoms with Crippen molar-refractivity contribution in [1.82, 2.24) is 0 Å². The maximum atomic E-state index is 9.71. The highest BCUT2D eigenvalue weighted by molar-refractivity contribution is 5.65. The molecule has 8 heavy (non-hydrogen) atoms. The second-order valence-corrected chi connectivity index (χ2v) is 1.55. The topological polar surface area (TPSA) is 44.5 Å². The molecule has 0 aromatic rings. The van der Waals surface area contributed by atoms with E-state index >= 15 is 0 Å². The maximum absolute atomic E-state index is 9.71. The zero-order valence-electron chi connectivity index (χ0n) is 4.55. The second kappa shape index (κ2) is 3.03. The van der Waals surface area contributed by atoms with Gasteiger partial charge in [-0.25, -0.2) is 6.57 Å². The van der Waals surface area contributed by atoms with Crippen molar-refractivity contribution in [3.8, 4) is 0 Å². The lowest BCUT2D eigenvalue weighted by Crippen LogP contribution is -2.24. The fraction of sp³-hybridized carbons (Fsp3) is 0.600. The molecule has 0 bridgehead atoms. The van der Waals surface area contributed by atoms with E-state index in [0.717, 1.165) is 0 Å². The molecule has 0 heterocycles. The Kier molecular flexibility index (Phi) is 2.63. The summed E-state index contributed by atoms with van der Waals surface area (Å²) in [6.45, 7) is 7.88. The van der Waals surface area contributed by atoms with Crippen molar-refractivity contribution in [2.24, 2.45) is 0 Å². The van der Waals surface area contributed by atoms with Crippen LogP contribution in [0, 0.1) is 6.57 Å². The van der Waals surface area contributed by atoms with Gasteiger partial charge in [-0.2, -0.15) is 0 Å². The van der Waals surface area contributed by atoms with Crippen molar-refractivity contribution in [3.05, 3.63) is 11.4 Å². The summed E-state index contributed by atoms with van der Waals surface area (Å²) >= 11 is 0. The zero-order chi connectivity index (χ0) is 6.57. The Hall–Kier alpha value is -1.04. The second-order valence-electron chi connectivity index (χ2n) is 1.55. The Morgan fingerprint density at radius 3 is 2.62 bits per heavy atom. The monoisotopic (exact) mass is 112 g/mol. The number of aliphatic carboxylic acids is 1. The molecule has 0 fully saturated rings. The summed E-state index contributed by atoms with van der Waals surface area (Å²) in [5, 5.41) is 9.71. The zero-order valence-corrected chi connectivity index (χ0v) is 4.55. The Bertz CT molecular complexity index is 125. The average Bonchev–Trinajstić information content (AvgIpc) is 1.65. The standard InChI is InChI=1S/C5H7NO2/c1-4(6-2)3-5(7)8/h4H,3H2,1H3,(H,7,8)/p-1/t4-/m1/s1. The van der Waals surface area contributed by atoms with Crippen molar-refractivity contribution >= 4 is 5.97 Å². The van der Waals surface area contributed by atoms with Crippen LogP contribution < -0.4 is 5.11 Å². The first-order valence-electron chi connectivity index (χ1n) is 2.23. The van der Waals surface area contributed by atoms with Crippen molar-refractivity contribution in [2.75, 3.05) is 0 Å². The number of carboxylic acid groups (broad SMARTS) is 1. The molecule has 0 aliphatic rings. The van der Waals surface area contributed by atoms with Gasteiger partial charge in [0.1, 0.15) is 0 Å². The van der Waals surface area contributed by atoms with E-state index in [1.54, 1.807) is 6.92 Å². The average molecular weight is 112 g/mol. The molecule has 0 saturated carbocycles. The van der Waals surface area contributed by atoms with Gasteiger partial charge in [-0.3, -0.25) is 0 Å². The molecule has 1 atom stereocenters. The van der Waals surface area contributed by atoms with Crippen LogP contribution in [0.3, 0.4) is 0 Å². The molecule has 0 rings (SSSR count). The number of carbonyl (C=O) groups excluding carboxylic acids is 1. The fourth-order valence-corrected chi connectivity index (χ4v) is 0.287. The van der Waals surface area contributed by atoms with Crippen LogP contribution in [0.25, 0.3) is 4.85 Å². The summed E-state index contributed by atoms with van der Waals surface area (Å²) in [7, 11) is 0. The molecule has 44 valence electrons. The number of rotatable bonds is 2. The third-order valence-corrected chi connectivity index (χ3v) is 0.682. The summed E-state index contributed by atoms with van der Waals surface area (Å²) in [5.41, 5.74) is 0. The van der Waals surface area contributed by atoms with Crippen LogP contribution in [0.2, 0.25) is 0 Å². The molecule has 0 N–H and O–H groups in total. The Labute approximate surface area is 47.8 Å². The molecular formula is C5H6NO2-. The lowest BCUT2D eigenvalue weighted by molar-refractivity contribution is -0.305.